The second kappa shape index (κ2) is 5.90. The Bertz CT molecular complexity index is 334. The lowest BCUT2D eigenvalue weighted by molar-refractivity contribution is 0.298. The zero-order valence-electron chi connectivity index (χ0n) is 10.8. The highest BCUT2D eigenvalue weighted by molar-refractivity contribution is 5.39. The van der Waals surface area contributed by atoms with E-state index in [1.54, 1.807) is 0 Å². The number of benzene rings is 1. The third kappa shape index (κ3) is 3.86. The molecule has 1 N–H and O–H groups in total. The summed E-state index contributed by atoms with van der Waals surface area (Å²) in [5, 5.41) is 9.90. The number of rotatable bonds is 5. The summed E-state index contributed by atoms with van der Waals surface area (Å²) in [7, 11) is 2.10. The lowest BCUT2D eigenvalue weighted by atomic mass is 10.1. The van der Waals surface area contributed by atoms with E-state index in [9.17, 15) is 5.11 Å². The largest absolute Gasteiger partial charge is 0.507 e. The SMILES string of the molecule is Cc1cccc(CN(C)CCC(C)C)c1O. The number of phenols is 1. The van der Waals surface area contributed by atoms with Crippen LogP contribution in [-0.2, 0) is 6.54 Å². The zero-order chi connectivity index (χ0) is 12.1. The number of hydrogen-bond donors (Lipinski definition) is 1. The molecule has 0 amide bonds. The second-order valence-electron chi connectivity index (χ2n) is 5.00. The zero-order valence-corrected chi connectivity index (χ0v) is 10.8. The Hall–Kier alpha value is -1.02. The van der Waals surface area contributed by atoms with Gasteiger partial charge >= 0.3 is 0 Å². The van der Waals surface area contributed by atoms with E-state index in [0.717, 1.165) is 30.1 Å². The first-order chi connectivity index (χ1) is 7.50. The minimum Gasteiger partial charge on any atom is -0.507 e. The van der Waals surface area contributed by atoms with Crippen LogP contribution in [0.2, 0.25) is 0 Å². The van der Waals surface area contributed by atoms with Gasteiger partial charge in [-0.3, -0.25) is 0 Å². The van der Waals surface area contributed by atoms with Crippen LogP contribution in [0.15, 0.2) is 18.2 Å². The van der Waals surface area contributed by atoms with E-state index >= 15 is 0 Å². The summed E-state index contributed by atoms with van der Waals surface area (Å²) in [5.74, 6) is 1.17. The lowest BCUT2D eigenvalue weighted by Gasteiger charge is -2.19. The van der Waals surface area contributed by atoms with E-state index in [4.69, 9.17) is 0 Å². The molecule has 0 saturated heterocycles. The van der Waals surface area contributed by atoms with Crippen molar-refractivity contribution < 1.29 is 5.11 Å². The average Bonchev–Trinajstić information content (AvgIpc) is 2.22. The summed E-state index contributed by atoms with van der Waals surface area (Å²) in [6.07, 6.45) is 1.20. The van der Waals surface area contributed by atoms with E-state index in [1.807, 2.05) is 25.1 Å². The predicted molar refractivity (Wildman–Crippen MR) is 68.6 cm³/mol. The smallest absolute Gasteiger partial charge is 0.122 e. The summed E-state index contributed by atoms with van der Waals surface area (Å²) in [4.78, 5) is 2.26. The molecular formula is C14H23NO. The molecule has 0 aliphatic heterocycles. The van der Waals surface area contributed by atoms with Crippen molar-refractivity contribution in [1.82, 2.24) is 4.90 Å². The molecule has 2 heteroatoms. The molecule has 0 spiro atoms. The Labute approximate surface area is 98.9 Å². The maximum atomic E-state index is 9.90. The number of para-hydroxylation sites is 1. The minimum absolute atomic E-state index is 0.443. The molecule has 1 aromatic rings. The van der Waals surface area contributed by atoms with Crippen LogP contribution in [0.1, 0.15) is 31.4 Å². The van der Waals surface area contributed by atoms with Gasteiger partial charge in [-0.2, -0.15) is 0 Å². The van der Waals surface area contributed by atoms with Gasteiger partial charge in [-0.1, -0.05) is 32.0 Å². The van der Waals surface area contributed by atoms with Crippen molar-refractivity contribution in [3.8, 4) is 5.75 Å². The quantitative estimate of drug-likeness (QED) is 0.825. The standard InChI is InChI=1S/C14H23NO/c1-11(2)8-9-15(4)10-13-7-5-6-12(3)14(13)16/h5-7,11,16H,8-10H2,1-4H3. The van der Waals surface area contributed by atoms with Gasteiger partial charge in [-0.05, 0) is 38.4 Å². The molecular weight excluding hydrogens is 198 g/mol. The van der Waals surface area contributed by atoms with Crippen molar-refractivity contribution in [2.75, 3.05) is 13.6 Å². The monoisotopic (exact) mass is 221 g/mol. The van der Waals surface area contributed by atoms with Gasteiger partial charge in [-0.15, -0.1) is 0 Å². The van der Waals surface area contributed by atoms with Gasteiger partial charge in [0.25, 0.3) is 0 Å². The van der Waals surface area contributed by atoms with Crippen molar-refractivity contribution in [2.45, 2.75) is 33.7 Å². The van der Waals surface area contributed by atoms with Crippen molar-refractivity contribution in [1.29, 1.82) is 0 Å². The fraction of sp³-hybridized carbons (Fsp3) is 0.571. The van der Waals surface area contributed by atoms with Crippen molar-refractivity contribution >= 4 is 0 Å². The maximum absolute atomic E-state index is 9.90. The van der Waals surface area contributed by atoms with Crippen LogP contribution < -0.4 is 0 Å². The van der Waals surface area contributed by atoms with Gasteiger partial charge in [0.2, 0.25) is 0 Å². The molecule has 1 rings (SSSR count). The fourth-order valence-corrected chi connectivity index (χ4v) is 1.70. The normalized spacial score (nSPS) is 11.4. The molecule has 0 radical (unpaired) electrons. The molecule has 0 aromatic heterocycles. The summed E-state index contributed by atoms with van der Waals surface area (Å²) in [5.41, 5.74) is 1.97. The maximum Gasteiger partial charge on any atom is 0.122 e. The predicted octanol–water partition coefficient (Wildman–Crippen LogP) is 3.18. The van der Waals surface area contributed by atoms with Crippen LogP contribution in [0, 0.1) is 12.8 Å². The summed E-state index contributed by atoms with van der Waals surface area (Å²) in [6, 6.07) is 5.93. The minimum atomic E-state index is 0.443. The van der Waals surface area contributed by atoms with Crippen molar-refractivity contribution in [3.05, 3.63) is 29.3 Å². The number of nitrogens with zero attached hydrogens (tertiary/aromatic N) is 1. The third-order valence-corrected chi connectivity index (χ3v) is 2.85. The van der Waals surface area contributed by atoms with Crippen LogP contribution in [0.3, 0.4) is 0 Å². The number of phenolic OH excluding ortho intramolecular Hbond substituents is 1. The molecule has 2 nitrogen and oxygen atoms in total. The van der Waals surface area contributed by atoms with Crippen molar-refractivity contribution in [3.63, 3.8) is 0 Å². The molecule has 16 heavy (non-hydrogen) atoms. The molecule has 0 fully saturated rings. The van der Waals surface area contributed by atoms with E-state index < -0.39 is 0 Å². The second-order valence-corrected chi connectivity index (χ2v) is 5.00. The summed E-state index contributed by atoms with van der Waals surface area (Å²) in [6.45, 7) is 8.30. The van der Waals surface area contributed by atoms with Crippen LogP contribution >= 0.6 is 0 Å². The Morgan fingerprint density at radius 3 is 2.62 bits per heavy atom. The van der Waals surface area contributed by atoms with Gasteiger partial charge in [0.15, 0.2) is 0 Å². The van der Waals surface area contributed by atoms with Crippen molar-refractivity contribution in [2.24, 2.45) is 5.92 Å². The highest BCUT2D eigenvalue weighted by Crippen LogP contribution is 2.22. The van der Waals surface area contributed by atoms with Crippen LogP contribution in [0.5, 0.6) is 5.75 Å². The topological polar surface area (TPSA) is 23.5 Å². The highest BCUT2D eigenvalue weighted by Gasteiger charge is 2.07. The Morgan fingerprint density at radius 2 is 2.00 bits per heavy atom. The van der Waals surface area contributed by atoms with Gasteiger partial charge in [0, 0.05) is 12.1 Å². The first kappa shape index (κ1) is 13.0. The number of hydrogen-bond acceptors (Lipinski definition) is 2. The molecule has 0 aliphatic carbocycles. The molecule has 0 unspecified atom stereocenters. The Balaban J connectivity index is 2.56. The Kier molecular flexibility index (Phi) is 4.81. The number of aromatic hydroxyl groups is 1. The van der Waals surface area contributed by atoms with Gasteiger partial charge < -0.3 is 10.0 Å². The van der Waals surface area contributed by atoms with E-state index in [2.05, 4.69) is 25.8 Å². The van der Waals surface area contributed by atoms with E-state index in [1.165, 1.54) is 6.42 Å². The number of aryl methyl sites for hydroxylation is 1. The average molecular weight is 221 g/mol. The fourth-order valence-electron chi connectivity index (χ4n) is 1.70. The molecule has 0 bridgehead atoms. The molecule has 0 saturated carbocycles. The van der Waals surface area contributed by atoms with Crippen LogP contribution in [0.4, 0.5) is 0 Å². The summed E-state index contributed by atoms with van der Waals surface area (Å²) >= 11 is 0. The first-order valence-corrected chi connectivity index (χ1v) is 5.96. The third-order valence-electron chi connectivity index (χ3n) is 2.85. The molecule has 90 valence electrons. The van der Waals surface area contributed by atoms with Crippen LogP contribution in [-0.4, -0.2) is 23.6 Å². The van der Waals surface area contributed by atoms with E-state index in [-0.39, 0.29) is 0 Å². The van der Waals surface area contributed by atoms with E-state index in [0.29, 0.717) is 5.75 Å². The summed E-state index contributed by atoms with van der Waals surface area (Å²) < 4.78 is 0. The van der Waals surface area contributed by atoms with Gasteiger partial charge in [-0.25, -0.2) is 0 Å². The molecule has 1 aromatic carbocycles. The molecule has 0 aliphatic rings. The van der Waals surface area contributed by atoms with Gasteiger partial charge in [0.05, 0.1) is 0 Å². The Morgan fingerprint density at radius 1 is 1.31 bits per heavy atom. The van der Waals surface area contributed by atoms with Gasteiger partial charge in [0.1, 0.15) is 5.75 Å². The lowest BCUT2D eigenvalue weighted by Crippen LogP contribution is -2.20. The first-order valence-electron chi connectivity index (χ1n) is 5.96. The van der Waals surface area contributed by atoms with Crippen LogP contribution in [0.25, 0.3) is 0 Å². The molecule has 0 heterocycles. The highest BCUT2D eigenvalue weighted by atomic mass is 16.3. The molecule has 0 atom stereocenters.